The van der Waals surface area contributed by atoms with Crippen LogP contribution in [0.4, 0.5) is 0 Å². The Morgan fingerprint density at radius 1 is 1.20 bits per heavy atom. The zero-order chi connectivity index (χ0) is 25.4. The molecule has 1 amide bonds. The van der Waals surface area contributed by atoms with E-state index in [9.17, 15) is 9.35 Å². The first kappa shape index (κ1) is 26.2. The van der Waals surface area contributed by atoms with E-state index in [-0.39, 0.29) is 24.5 Å². The minimum atomic E-state index is -1.27. The lowest BCUT2D eigenvalue weighted by molar-refractivity contribution is -0.161. The van der Waals surface area contributed by atoms with Crippen LogP contribution >= 0.6 is 0 Å². The van der Waals surface area contributed by atoms with E-state index < -0.39 is 28.0 Å². The molecular weight excluding hydrogens is 464 g/mol. The molecule has 2 unspecified atom stereocenters. The summed E-state index contributed by atoms with van der Waals surface area (Å²) >= 11 is -1.27. The fourth-order valence-electron chi connectivity index (χ4n) is 4.92. The third-order valence-electron chi connectivity index (χ3n) is 6.86. The number of methoxy groups -OCH3 is 1. The molecule has 35 heavy (non-hydrogen) atoms. The first-order valence-electron chi connectivity index (χ1n) is 12.3. The summed E-state index contributed by atoms with van der Waals surface area (Å²) in [5.41, 5.74) is 1.03. The van der Waals surface area contributed by atoms with Crippen LogP contribution in [0.1, 0.15) is 59.1 Å². The van der Waals surface area contributed by atoms with Crippen molar-refractivity contribution in [2.75, 3.05) is 26.8 Å². The van der Waals surface area contributed by atoms with Gasteiger partial charge in [-0.05, 0) is 70.2 Å². The van der Waals surface area contributed by atoms with Gasteiger partial charge in [0, 0.05) is 30.0 Å². The van der Waals surface area contributed by atoms with Gasteiger partial charge in [-0.15, -0.1) is 4.72 Å². The van der Waals surface area contributed by atoms with Crippen LogP contribution < -0.4 is 9.46 Å². The second-order valence-corrected chi connectivity index (χ2v) is 12.9. The molecule has 0 spiro atoms. The Labute approximate surface area is 211 Å². The SMILES string of the molecule is COc1ccc2ccccc2c1C(N[S+]([O-])C(C)(C)C)C1CCN(C(=O)[C@H]2COC(C)(C)O2)CC1. The van der Waals surface area contributed by atoms with E-state index >= 15 is 0 Å². The Balaban J connectivity index is 1.60. The van der Waals surface area contributed by atoms with E-state index in [0.29, 0.717) is 13.1 Å². The lowest BCUT2D eigenvalue weighted by Gasteiger charge is -2.39. The van der Waals surface area contributed by atoms with E-state index in [1.54, 1.807) is 7.11 Å². The second kappa shape index (κ2) is 10.3. The number of nitrogens with one attached hydrogen (secondary N) is 1. The van der Waals surface area contributed by atoms with Gasteiger partial charge in [-0.25, -0.2) is 0 Å². The van der Waals surface area contributed by atoms with Gasteiger partial charge in [0.25, 0.3) is 5.91 Å². The van der Waals surface area contributed by atoms with Gasteiger partial charge >= 0.3 is 0 Å². The fourth-order valence-corrected chi connectivity index (χ4v) is 5.82. The van der Waals surface area contributed by atoms with Crippen molar-refractivity contribution >= 4 is 28.0 Å². The summed E-state index contributed by atoms with van der Waals surface area (Å²) in [7, 11) is 1.68. The van der Waals surface area contributed by atoms with Crippen LogP contribution in [0.3, 0.4) is 0 Å². The number of ether oxygens (including phenoxy) is 3. The summed E-state index contributed by atoms with van der Waals surface area (Å²) in [6.45, 7) is 11.1. The third-order valence-corrected chi connectivity index (χ3v) is 8.44. The van der Waals surface area contributed by atoms with Crippen molar-refractivity contribution in [2.24, 2.45) is 5.92 Å². The molecule has 192 valence electrons. The topological polar surface area (TPSA) is 83.1 Å². The molecule has 2 fully saturated rings. The van der Waals surface area contributed by atoms with Crippen LogP contribution in [0.15, 0.2) is 36.4 Å². The van der Waals surface area contributed by atoms with E-state index in [1.807, 2.05) is 57.7 Å². The minimum absolute atomic E-state index is 0.0143. The third kappa shape index (κ3) is 5.78. The summed E-state index contributed by atoms with van der Waals surface area (Å²) < 4.78 is 33.5. The average Bonchev–Trinajstić information content (AvgIpc) is 3.20. The smallest absolute Gasteiger partial charge is 0.254 e. The summed E-state index contributed by atoms with van der Waals surface area (Å²) in [6, 6.07) is 12.1. The molecule has 0 saturated carbocycles. The summed E-state index contributed by atoms with van der Waals surface area (Å²) in [6.07, 6.45) is 1.02. The molecule has 2 aromatic rings. The van der Waals surface area contributed by atoms with Crippen LogP contribution in [-0.4, -0.2) is 58.8 Å². The van der Waals surface area contributed by atoms with E-state index in [0.717, 1.165) is 34.9 Å². The summed E-state index contributed by atoms with van der Waals surface area (Å²) in [5, 5.41) is 2.21. The van der Waals surface area contributed by atoms with Gasteiger partial charge < -0.3 is 23.7 Å². The lowest BCUT2D eigenvalue weighted by Crippen LogP contribution is -2.48. The first-order valence-corrected chi connectivity index (χ1v) is 13.5. The zero-order valence-corrected chi connectivity index (χ0v) is 22.4. The van der Waals surface area contributed by atoms with Crippen LogP contribution in [0, 0.1) is 5.92 Å². The van der Waals surface area contributed by atoms with Crippen LogP contribution in [0.25, 0.3) is 10.8 Å². The number of likely N-dealkylation sites (tertiary alicyclic amines) is 1. The number of benzene rings is 2. The number of rotatable bonds is 6. The molecule has 0 radical (unpaired) electrons. The fraction of sp³-hybridized carbons (Fsp3) is 0.593. The Bertz CT molecular complexity index is 1050. The van der Waals surface area contributed by atoms with Crippen LogP contribution in [0.2, 0.25) is 0 Å². The molecule has 3 atom stereocenters. The quantitative estimate of drug-likeness (QED) is 0.592. The van der Waals surface area contributed by atoms with E-state index in [1.165, 1.54) is 0 Å². The molecule has 0 bridgehead atoms. The maximum absolute atomic E-state index is 13.3. The van der Waals surface area contributed by atoms with Crippen molar-refractivity contribution in [3.8, 4) is 5.75 Å². The zero-order valence-electron chi connectivity index (χ0n) is 21.6. The Morgan fingerprint density at radius 3 is 2.49 bits per heavy atom. The van der Waals surface area contributed by atoms with Gasteiger partial charge in [0.15, 0.2) is 11.9 Å². The van der Waals surface area contributed by atoms with Gasteiger partial charge in [0.05, 0.1) is 19.8 Å². The average molecular weight is 503 g/mol. The molecule has 2 heterocycles. The standard InChI is InChI=1S/C27H38N2O5S/c1-26(2,3)35(31)28-24(23-20-10-8-7-9-18(20)11-12-21(23)32-6)19-13-15-29(16-14-19)25(30)22-17-33-27(4,5)34-22/h7-12,19,22,24,28H,13-17H2,1-6H3/t22-,24?,35?/m1/s1. The number of amides is 1. The number of hydrogen-bond donors (Lipinski definition) is 1. The molecule has 8 heteroatoms. The number of fused-ring (bicyclic) bond motifs is 1. The molecule has 0 aromatic heterocycles. The van der Waals surface area contributed by atoms with E-state index in [4.69, 9.17) is 14.2 Å². The highest BCUT2D eigenvalue weighted by molar-refractivity contribution is 7.90. The van der Waals surface area contributed by atoms with Gasteiger partial charge in [-0.2, -0.15) is 0 Å². The highest BCUT2D eigenvalue weighted by Crippen LogP contribution is 2.41. The summed E-state index contributed by atoms with van der Waals surface area (Å²) in [5.74, 6) is 0.224. The maximum Gasteiger partial charge on any atom is 0.254 e. The number of nitrogens with zero attached hydrogens (tertiary/aromatic N) is 1. The van der Waals surface area contributed by atoms with Crippen molar-refractivity contribution in [1.29, 1.82) is 0 Å². The maximum atomic E-state index is 13.3. The Morgan fingerprint density at radius 2 is 1.89 bits per heavy atom. The monoisotopic (exact) mass is 502 g/mol. The van der Waals surface area contributed by atoms with Crippen molar-refractivity contribution in [3.05, 3.63) is 42.0 Å². The molecule has 2 aliphatic rings. The van der Waals surface area contributed by atoms with Crippen molar-refractivity contribution in [2.45, 2.75) is 70.1 Å². The van der Waals surface area contributed by atoms with Crippen molar-refractivity contribution in [1.82, 2.24) is 9.62 Å². The van der Waals surface area contributed by atoms with Crippen LogP contribution in [0.5, 0.6) is 5.75 Å². The number of carbonyl (C=O) groups is 1. The lowest BCUT2D eigenvalue weighted by atomic mass is 9.83. The molecule has 2 saturated heterocycles. The molecule has 7 nitrogen and oxygen atoms in total. The van der Waals surface area contributed by atoms with Gasteiger partial charge in [-0.1, -0.05) is 30.3 Å². The first-order chi connectivity index (χ1) is 16.5. The molecular formula is C27H38N2O5S. The van der Waals surface area contributed by atoms with Gasteiger partial charge in [0.1, 0.15) is 10.5 Å². The largest absolute Gasteiger partial charge is 0.598 e. The van der Waals surface area contributed by atoms with E-state index in [2.05, 4.69) is 22.9 Å². The Kier molecular flexibility index (Phi) is 7.69. The van der Waals surface area contributed by atoms with Crippen molar-refractivity contribution < 1.29 is 23.6 Å². The molecule has 0 aliphatic carbocycles. The summed E-state index contributed by atoms with van der Waals surface area (Å²) in [4.78, 5) is 14.9. The normalized spacial score (nSPS) is 22.8. The minimum Gasteiger partial charge on any atom is -0.598 e. The van der Waals surface area contributed by atoms with Gasteiger partial charge in [0.2, 0.25) is 0 Å². The number of piperidine rings is 1. The van der Waals surface area contributed by atoms with Crippen LogP contribution in [-0.2, 0) is 25.6 Å². The molecule has 2 aliphatic heterocycles. The Hall–Kier alpha value is -1.84. The number of hydrogen-bond acceptors (Lipinski definition) is 6. The number of carbonyl (C=O) groups excluding carboxylic acids is 1. The predicted molar refractivity (Wildman–Crippen MR) is 138 cm³/mol. The molecule has 4 rings (SSSR count). The predicted octanol–water partition coefficient (Wildman–Crippen LogP) is 4.33. The molecule has 2 aromatic carbocycles. The highest BCUT2D eigenvalue weighted by Gasteiger charge is 2.42. The van der Waals surface area contributed by atoms with Gasteiger partial charge in [-0.3, -0.25) is 4.79 Å². The second-order valence-electron chi connectivity index (χ2n) is 10.9. The highest BCUT2D eigenvalue weighted by atomic mass is 32.2. The van der Waals surface area contributed by atoms with Crippen molar-refractivity contribution in [3.63, 3.8) is 0 Å². The molecule has 1 N–H and O–H groups in total.